The van der Waals surface area contributed by atoms with E-state index in [4.69, 9.17) is 4.74 Å². The van der Waals surface area contributed by atoms with Crippen LogP contribution in [0, 0.1) is 0 Å². The molecule has 0 aliphatic heterocycles. The first-order chi connectivity index (χ1) is 13.2. The summed E-state index contributed by atoms with van der Waals surface area (Å²) in [6.45, 7) is 0.474. The van der Waals surface area contributed by atoms with Gasteiger partial charge in [-0.1, -0.05) is 72.8 Å². The average Bonchev–Trinajstić information content (AvgIpc) is 2.73. The minimum atomic E-state index is -1.26. The van der Waals surface area contributed by atoms with E-state index < -0.39 is 12.0 Å². The highest BCUT2D eigenvalue weighted by molar-refractivity contribution is 5.85. The number of hydrogen-bond donors (Lipinski definition) is 2. The molecule has 0 bridgehead atoms. The lowest BCUT2D eigenvalue weighted by atomic mass is 10.1. The number of amides is 1. The van der Waals surface area contributed by atoms with Gasteiger partial charge in [0, 0.05) is 0 Å². The van der Waals surface area contributed by atoms with Gasteiger partial charge in [-0.15, -0.1) is 0 Å². The number of carbonyl (C=O) groups is 1. The molecule has 1 atom stereocenters. The van der Waals surface area contributed by atoms with E-state index in [1.165, 1.54) is 6.21 Å². The van der Waals surface area contributed by atoms with Gasteiger partial charge in [-0.05, 0) is 28.8 Å². The zero-order valence-electron chi connectivity index (χ0n) is 14.7. The van der Waals surface area contributed by atoms with Gasteiger partial charge >= 0.3 is 0 Å². The third kappa shape index (κ3) is 5.52. The molecule has 5 nitrogen and oxygen atoms in total. The van der Waals surface area contributed by atoms with Crippen molar-refractivity contribution in [3.63, 3.8) is 0 Å². The number of carbonyl (C=O) groups excluding carboxylic acids is 1. The van der Waals surface area contributed by atoms with Gasteiger partial charge in [-0.25, -0.2) is 5.43 Å². The Kier molecular flexibility index (Phi) is 6.33. The Labute approximate surface area is 157 Å². The van der Waals surface area contributed by atoms with Crippen molar-refractivity contribution < 1.29 is 14.6 Å². The molecular formula is C22H20N2O3. The number of hydrogen-bond acceptors (Lipinski definition) is 4. The van der Waals surface area contributed by atoms with Gasteiger partial charge in [0.1, 0.15) is 12.4 Å². The van der Waals surface area contributed by atoms with E-state index in [1.807, 2.05) is 60.7 Å². The van der Waals surface area contributed by atoms with Gasteiger partial charge in [-0.2, -0.15) is 5.10 Å². The molecule has 0 saturated carbocycles. The largest absolute Gasteiger partial charge is 0.489 e. The fourth-order valence-corrected chi connectivity index (χ4v) is 2.44. The highest BCUT2D eigenvalue weighted by Crippen LogP contribution is 2.14. The second kappa shape index (κ2) is 9.31. The Morgan fingerprint density at radius 3 is 2.44 bits per heavy atom. The summed E-state index contributed by atoms with van der Waals surface area (Å²) in [5, 5.41) is 13.9. The summed E-state index contributed by atoms with van der Waals surface area (Å²) >= 11 is 0. The molecule has 0 saturated heterocycles. The molecule has 5 heteroatoms. The van der Waals surface area contributed by atoms with Crippen LogP contribution < -0.4 is 10.2 Å². The van der Waals surface area contributed by atoms with Crippen molar-refractivity contribution in [1.29, 1.82) is 0 Å². The molecular weight excluding hydrogens is 340 g/mol. The van der Waals surface area contributed by atoms with Crippen molar-refractivity contribution in [3.8, 4) is 5.75 Å². The van der Waals surface area contributed by atoms with Gasteiger partial charge in [0.15, 0.2) is 6.10 Å². The number of nitrogens with one attached hydrogen (secondary N) is 1. The van der Waals surface area contributed by atoms with E-state index in [0.29, 0.717) is 17.9 Å². The normalized spacial score (nSPS) is 11.9. The molecule has 3 aromatic rings. The first-order valence-corrected chi connectivity index (χ1v) is 8.55. The van der Waals surface area contributed by atoms with Crippen LogP contribution in [0.25, 0.3) is 0 Å². The Balaban J connectivity index is 1.55. The van der Waals surface area contributed by atoms with Crippen molar-refractivity contribution in [2.75, 3.05) is 0 Å². The fourth-order valence-electron chi connectivity index (χ4n) is 2.44. The minimum Gasteiger partial charge on any atom is -0.489 e. The van der Waals surface area contributed by atoms with Crippen LogP contribution in [0.2, 0.25) is 0 Å². The average molecular weight is 360 g/mol. The number of benzene rings is 3. The number of rotatable bonds is 7. The van der Waals surface area contributed by atoms with E-state index in [1.54, 1.807) is 24.3 Å². The second-order valence-corrected chi connectivity index (χ2v) is 5.89. The molecule has 0 heterocycles. The van der Waals surface area contributed by atoms with Crippen LogP contribution in [0.15, 0.2) is 90.0 Å². The molecule has 0 aliphatic rings. The van der Waals surface area contributed by atoms with E-state index in [0.717, 1.165) is 11.1 Å². The monoisotopic (exact) mass is 360 g/mol. The summed E-state index contributed by atoms with van der Waals surface area (Å²) in [4.78, 5) is 12.0. The van der Waals surface area contributed by atoms with Crippen LogP contribution in [-0.2, 0) is 11.4 Å². The molecule has 27 heavy (non-hydrogen) atoms. The highest BCUT2D eigenvalue weighted by Gasteiger charge is 2.15. The number of aliphatic hydroxyl groups excluding tert-OH is 1. The van der Waals surface area contributed by atoms with Crippen molar-refractivity contribution >= 4 is 12.1 Å². The lowest BCUT2D eigenvalue weighted by Gasteiger charge is -2.08. The molecule has 3 aromatic carbocycles. The molecule has 0 radical (unpaired) electrons. The van der Waals surface area contributed by atoms with Crippen molar-refractivity contribution in [2.45, 2.75) is 12.7 Å². The zero-order chi connectivity index (χ0) is 18.9. The van der Waals surface area contributed by atoms with E-state index >= 15 is 0 Å². The smallest absolute Gasteiger partial charge is 0.273 e. The molecule has 136 valence electrons. The second-order valence-electron chi connectivity index (χ2n) is 5.89. The first kappa shape index (κ1) is 18.4. The molecule has 0 fully saturated rings. The Bertz CT molecular complexity index is 896. The lowest BCUT2D eigenvalue weighted by molar-refractivity contribution is -0.129. The van der Waals surface area contributed by atoms with Crippen LogP contribution in [0.3, 0.4) is 0 Å². The zero-order valence-corrected chi connectivity index (χ0v) is 14.7. The maximum atomic E-state index is 12.0. The molecule has 3 rings (SSSR count). The van der Waals surface area contributed by atoms with Gasteiger partial charge in [-0.3, -0.25) is 4.79 Å². The number of nitrogens with zero attached hydrogens (tertiary/aromatic N) is 1. The van der Waals surface area contributed by atoms with Crippen LogP contribution in [0.1, 0.15) is 22.8 Å². The quantitative estimate of drug-likeness (QED) is 0.501. The topological polar surface area (TPSA) is 70.9 Å². The Hall–Kier alpha value is -3.44. The number of hydrazone groups is 1. The summed E-state index contributed by atoms with van der Waals surface area (Å²) in [7, 11) is 0. The Morgan fingerprint density at radius 1 is 1.00 bits per heavy atom. The Morgan fingerprint density at radius 2 is 1.70 bits per heavy atom. The van der Waals surface area contributed by atoms with Crippen LogP contribution in [0.4, 0.5) is 0 Å². The van der Waals surface area contributed by atoms with Gasteiger partial charge in [0.05, 0.1) is 6.21 Å². The molecule has 2 N–H and O–H groups in total. The predicted molar refractivity (Wildman–Crippen MR) is 104 cm³/mol. The third-order valence-electron chi connectivity index (χ3n) is 3.86. The van der Waals surface area contributed by atoms with Gasteiger partial charge in [0.2, 0.25) is 0 Å². The third-order valence-corrected chi connectivity index (χ3v) is 3.86. The van der Waals surface area contributed by atoms with Crippen molar-refractivity contribution in [2.24, 2.45) is 5.10 Å². The van der Waals surface area contributed by atoms with Crippen LogP contribution >= 0.6 is 0 Å². The lowest BCUT2D eigenvalue weighted by Crippen LogP contribution is -2.25. The molecule has 0 unspecified atom stereocenters. The first-order valence-electron chi connectivity index (χ1n) is 8.55. The predicted octanol–water partition coefficient (Wildman–Crippen LogP) is 3.45. The summed E-state index contributed by atoms with van der Waals surface area (Å²) in [6.07, 6.45) is 0.245. The summed E-state index contributed by atoms with van der Waals surface area (Å²) < 4.78 is 5.77. The number of ether oxygens (including phenoxy) is 1. The summed E-state index contributed by atoms with van der Waals surface area (Å²) in [6, 6.07) is 26.0. The van der Waals surface area contributed by atoms with Gasteiger partial charge < -0.3 is 9.84 Å². The number of aliphatic hydroxyl groups is 1. The van der Waals surface area contributed by atoms with Crippen LogP contribution in [-0.4, -0.2) is 17.2 Å². The highest BCUT2D eigenvalue weighted by atomic mass is 16.5. The van der Waals surface area contributed by atoms with Crippen LogP contribution in [0.5, 0.6) is 5.75 Å². The maximum Gasteiger partial charge on any atom is 0.273 e. The molecule has 0 aromatic heterocycles. The fraction of sp³-hybridized carbons (Fsp3) is 0.0909. The minimum absolute atomic E-state index is 0.474. The summed E-state index contributed by atoms with van der Waals surface area (Å²) in [5.74, 6) is 0.118. The molecule has 0 spiro atoms. The van der Waals surface area contributed by atoms with E-state index in [-0.39, 0.29) is 0 Å². The standard InChI is InChI=1S/C22H20N2O3/c25-21(19-11-5-2-6-12-19)22(26)24-23-15-18-10-7-13-20(14-18)27-16-17-8-3-1-4-9-17/h1-15,21,25H,16H2,(H,24,26)/b23-15-/t21-/m1/s1. The molecule has 0 aliphatic carbocycles. The summed E-state index contributed by atoms with van der Waals surface area (Å²) in [5.41, 5.74) is 4.72. The van der Waals surface area contributed by atoms with E-state index in [2.05, 4.69) is 10.5 Å². The SMILES string of the molecule is O=C(N/N=C\c1cccc(OCc2ccccc2)c1)[C@H](O)c1ccccc1. The van der Waals surface area contributed by atoms with Crippen molar-refractivity contribution in [3.05, 3.63) is 102 Å². The van der Waals surface area contributed by atoms with Gasteiger partial charge in [0.25, 0.3) is 5.91 Å². The van der Waals surface area contributed by atoms with Crippen molar-refractivity contribution in [1.82, 2.24) is 5.43 Å². The molecule has 1 amide bonds. The maximum absolute atomic E-state index is 12.0. The van der Waals surface area contributed by atoms with E-state index in [9.17, 15) is 9.90 Å².